The number of hydrogen-bond donors (Lipinski definition) is 5. The molecule has 59 heavy (non-hydrogen) atoms. The molecule has 0 aromatic heterocycles. The Hall–Kier alpha value is -5.08. The van der Waals surface area contributed by atoms with Gasteiger partial charge in [0.25, 0.3) is 5.91 Å². The maximum Gasteiger partial charge on any atom is 0.331 e. The van der Waals surface area contributed by atoms with Crippen molar-refractivity contribution in [3.05, 3.63) is 77.9 Å². The monoisotopic (exact) mass is 820 g/mol. The van der Waals surface area contributed by atoms with Crippen LogP contribution in [0.4, 0.5) is 0 Å². The number of Topliss-reactive ketones (excluding diaryl/α,β-unsaturated/α-hetero) is 1. The van der Waals surface area contributed by atoms with E-state index in [4.69, 9.17) is 9.47 Å². The number of benzene rings is 1. The number of nitrogens with zero attached hydrogens (tertiary/aromatic N) is 1. The summed E-state index contributed by atoms with van der Waals surface area (Å²) in [6.45, 7) is 14.0. The number of allylic oxidation sites excluding steroid dienone is 5. The summed E-state index contributed by atoms with van der Waals surface area (Å²) in [7, 11) is 0. The van der Waals surface area contributed by atoms with Gasteiger partial charge in [0.05, 0.1) is 12.0 Å². The molecule has 0 saturated carbocycles. The van der Waals surface area contributed by atoms with Crippen LogP contribution in [0.3, 0.4) is 0 Å². The van der Waals surface area contributed by atoms with E-state index < -0.39 is 83.3 Å². The van der Waals surface area contributed by atoms with Crippen molar-refractivity contribution in [2.75, 3.05) is 6.54 Å². The van der Waals surface area contributed by atoms with Crippen LogP contribution in [0.2, 0.25) is 0 Å². The van der Waals surface area contributed by atoms with Crippen molar-refractivity contribution in [2.24, 2.45) is 17.8 Å². The Labute approximate surface area is 348 Å². The number of amides is 3. The van der Waals surface area contributed by atoms with Crippen molar-refractivity contribution in [2.45, 2.75) is 136 Å². The van der Waals surface area contributed by atoms with Crippen LogP contribution in [0.25, 0.3) is 0 Å². The number of nitrogens with one attached hydrogen (secondary N) is 3. The molecule has 1 saturated heterocycles. The zero-order valence-corrected chi connectivity index (χ0v) is 35.7. The second kappa shape index (κ2) is 22.9. The first-order valence-electron chi connectivity index (χ1n) is 20.5. The van der Waals surface area contributed by atoms with Crippen molar-refractivity contribution in [3.8, 4) is 5.75 Å². The van der Waals surface area contributed by atoms with Gasteiger partial charge in [0.1, 0.15) is 41.4 Å². The lowest BCUT2D eigenvalue weighted by atomic mass is 9.85. The number of esters is 2. The van der Waals surface area contributed by atoms with Crippen LogP contribution in [0.1, 0.15) is 99.5 Å². The number of rotatable bonds is 9. The Kier molecular flexibility index (Phi) is 18.7. The number of cyclic esters (lactones) is 1. The SMILES string of the molecule is CC(=O)CC[C@H]1C(=O)N[C@@H](C(C)C)C(=O)N[C@@H](Cc2cccc(O)c2)C(=O)N2CCCC(N2)C(=O)O[C@H](C(C)=CC=CC(=O)OC(C)(C)C)CC=CC=CC[C@H](C)[C@H]1O. The Morgan fingerprint density at radius 1 is 1.03 bits per heavy atom. The molecule has 0 radical (unpaired) electrons. The predicted molar refractivity (Wildman–Crippen MR) is 223 cm³/mol. The number of hydrogen-bond acceptors (Lipinski definition) is 11. The summed E-state index contributed by atoms with van der Waals surface area (Å²) < 4.78 is 11.4. The average Bonchev–Trinajstić information content (AvgIpc) is 3.15. The topological polar surface area (TPSA) is 201 Å². The van der Waals surface area contributed by atoms with Crippen LogP contribution >= 0.6 is 0 Å². The number of ether oxygens (including phenoxy) is 2. The first-order valence-corrected chi connectivity index (χ1v) is 20.5. The number of fused-ring (bicyclic) bond motifs is 2. The van der Waals surface area contributed by atoms with Crippen molar-refractivity contribution in [3.63, 3.8) is 0 Å². The predicted octanol–water partition coefficient (Wildman–Crippen LogP) is 4.70. The molecule has 7 atom stereocenters. The molecule has 2 bridgehead atoms. The number of aliphatic hydroxyl groups excluding tert-OH is 1. The third-order valence-electron chi connectivity index (χ3n) is 10.1. The van der Waals surface area contributed by atoms with Crippen LogP contribution in [-0.2, 0) is 44.7 Å². The minimum absolute atomic E-state index is 0.0226. The first-order chi connectivity index (χ1) is 27.7. The quantitative estimate of drug-likeness (QED) is 0.131. The van der Waals surface area contributed by atoms with Crippen LogP contribution < -0.4 is 16.1 Å². The standard InChI is InChI=1S/C45H64N4O10/c1-28(2)39-42(55)46-36(27-32-18-14-19-33(51)26-32)43(56)49-25-15-20-35(48-49)44(57)58-37(29(3)17-13-22-38(52)59-45(6,7)8)21-12-10-9-11-16-30(4)40(53)34(41(54)47-39)24-23-31(5)50/h9-14,17-19,22,26,28,30,34-37,39-40,48,51,53H,15-16,20-21,23-25,27H2,1-8H3,(H,46,55)(H,47,54)/t30-,34+,35?,36-,37-,39-,40+/m0/s1. The Morgan fingerprint density at radius 3 is 2.37 bits per heavy atom. The summed E-state index contributed by atoms with van der Waals surface area (Å²) in [5, 5.41) is 28.6. The zero-order chi connectivity index (χ0) is 43.9. The highest BCUT2D eigenvalue weighted by Gasteiger charge is 2.38. The van der Waals surface area contributed by atoms with Crippen molar-refractivity contribution < 1.29 is 48.5 Å². The van der Waals surface area contributed by atoms with E-state index in [1.165, 1.54) is 36.2 Å². The van der Waals surface area contributed by atoms with E-state index in [9.17, 15) is 39.0 Å². The van der Waals surface area contributed by atoms with E-state index in [1.807, 2.05) is 12.2 Å². The molecule has 2 aliphatic heterocycles. The van der Waals surface area contributed by atoms with Crippen LogP contribution in [-0.4, -0.2) is 93.1 Å². The minimum Gasteiger partial charge on any atom is -0.508 e. The lowest BCUT2D eigenvalue weighted by Crippen LogP contribution is -2.62. The molecule has 1 unspecified atom stereocenters. The van der Waals surface area contributed by atoms with Crippen molar-refractivity contribution in [1.82, 2.24) is 21.1 Å². The smallest absolute Gasteiger partial charge is 0.331 e. The molecule has 1 aromatic carbocycles. The van der Waals surface area contributed by atoms with Gasteiger partial charge in [-0.2, -0.15) is 0 Å². The molecule has 14 heteroatoms. The zero-order valence-electron chi connectivity index (χ0n) is 35.7. The number of carbonyl (C=O) groups excluding carboxylic acids is 6. The Morgan fingerprint density at radius 2 is 1.73 bits per heavy atom. The number of phenols is 1. The summed E-state index contributed by atoms with van der Waals surface area (Å²) in [4.78, 5) is 80.3. The molecule has 324 valence electrons. The lowest BCUT2D eigenvalue weighted by molar-refractivity contribution is -0.156. The molecule has 3 amide bonds. The fourth-order valence-electron chi connectivity index (χ4n) is 6.75. The summed E-state index contributed by atoms with van der Waals surface area (Å²) in [6.07, 6.45) is 11.4. The molecule has 0 spiro atoms. The summed E-state index contributed by atoms with van der Waals surface area (Å²) in [5.41, 5.74) is 3.54. The van der Waals surface area contributed by atoms with Crippen LogP contribution in [0, 0.1) is 17.8 Å². The van der Waals surface area contributed by atoms with Gasteiger partial charge in [-0.1, -0.05) is 69.4 Å². The van der Waals surface area contributed by atoms with Gasteiger partial charge in [0.2, 0.25) is 11.8 Å². The molecule has 2 aliphatic rings. The van der Waals surface area contributed by atoms with Crippen molar-refractivity contribution in [1.29, 1.82) is 0 Å². The van der Waals surface area contributed by atoms with E-state index in [-0.39, 0.29) is 43.8 Å². The molecule has 0 aliphatic carbocycles. The van der Waals surface area contributed by atoms with Gasteiger partial charge in [-0.25, -0.2) is 10.2 Å². The minimum atomic E-state index is -1.19. The number of hydrazine groups is 1. The van der Waals surface area contributed by atoms with Gasteiger partial charge in [0.15, 0.2) is 0 Å². The molecule has 3 rings (SSSR count). The average molecular weight is 821 g/mol. The van der Waals surface area contributed by atoms with Gasteiger partial charge in [-0.15, -0.1) is 0 Å². The highest BCUT2D eigenvalue weighted by Crippen LogP contribution is 2.24. The highest BCUT2D eigenvalue weighted by atomic mass is 16.6. The highest BCUT2D eigenvalue weighted by molar-refractivity contribution is 5.93. The van der Waals surface area contributed by atoms with Crippen LogP contribution in [0.5, 0.6) is 5.75 Å². The normalized spacial score (nSPS) is 26.1. The number of phenolic OH excluding ortho intramolecular Hbond substituents is 1. The third kappa shape index (κ3) is 16.2. The summed E-state index contributed by atoms with van der Waals surface area (Å²) in [6, 6.07) is 3.09. The van der Waals surface area contributed by atoms with Gasteiger partial charge >= 0.3 is 11.9 Å². The van der Waals surface area contributed by atoms with Gasteiger partial charge in [-0.3, -0.25) is 24.2 Å². The van der Waals surface area contributed by atoms with E-state index in [2.05, 4.69) is 16.1 Å². The van der Waals surface area contributed by atoms with Crippen LogP contribution in [0.15, 0.2) is 72.4 Å². The Bertz CT molecular complexity index is 1760. The molecular formula is C45H64N4O10. The number of carbonyl (C=O) groups is 6. The number of aliphatic hydroxyl groups is 1. The third-order valence-corrected chi connectivity index (χ3v) is 10.1. The first kappa shape index (κ1) is 48.3. The molecule has 2 heterocycles. The van der Waals surface area contributed by atoms with E-state index >= 15 is 0 Å². The lowest BCUT2D eigenvalue weighted by Gasteiger charge is -2.36. The van der Waals surface area contributed by atoms with E-state index in [0.717, 1.165) is 0 Å². The van der Waals surface area contributed by atoms with Gasteiger partial charge < -0.3 is 35.1 Å². The fourth-order valence-corrected chi connectivity index (χ4v) is 6.75. The van der Waals surface area contributed by atoms with Gasteiger partial charge in [0, 0.05) is 31.9 Å². The van der Waals surface area contributed by atoms with Gasteiger partial charge in [-0.05, 0) is 95.4 Å². The number of ketones is 1. The molecule has 1 aromatic rings. The van der Waals surface area contributed by atoms with Crippen molar-refractivity contribution >= 4 is 35.4 Å². The summed E-state index contributed by atoms with van der Waals surface area (Å²) >= 11 is 0. The summed E-state index contributed by atoms with van der Waals surface area (Å²) in [5.74, 6) is -4.92. The maximum absolute atomic E-state index is 14.3. The van der Waals surface area contributed by atoms with E-state index in [1.54, 1.807) is 78.8 Å². The molecule has 5 N–H and O–H groups in total. The second-order valence-corrected chi connectivity index (χ2v) is 16.9. The largest absolute Gasteiger partial charge is 0.508 e. The maximum atomic E-state index is 14.3. The molecule has 1 fully saturated rings. The second-order valence-electron chi connectivity index (χ2n) is 16.9. The number of aromatic hydroxyl groups is 1. The Balaban J connectivity index is 2.04. The molecular weight excluding hydrogens is 757 g/mol. The van der Waals surface area contributed by atoms with E-state index in [0.29, 0.717) is 30.4 Å². The fraction of sp³-hybridized carbons (Fsp3) is 0.556. The molecule has 14 nitrogen and oxygen atoms in total.